The molecular weight excluding hydrogens is 317 g/mol. The fourth-order valence-electron chi connectivity index (χ4n) is 1.63. The smallest absolute Gasteiger partial charge is 0.323 e. The van der Waals surface area contributed by atoms with E-state index in [1.54, 1.807) is 6.92 Å². The molecule has 0 saturated carbocycles. The van der Waals surface area contributed by atoms with E-state index in [2.05, 4.69) is 5.09 Å². The summed E-state index contributed by atoms with van der Waals surface area (Å²) in [4.78, 5) is 12.0. The van der Waals surface area contributed by atoms with E-state index in [1.807, 2.05) is 65.0 Å². The summed E-state index contributed by atoms with van der Waals surface area (Å²) >= 11 is 5.80. The SMILES string of the molecule is CC(C)OC(=O)[C@H](C)NP(=S)(Oc1ccccc1)C(C)(C)C. The molecule has 0 radical (unpaired) electrons. The average Bonchev–Trinajstić information content (AvgIpc) is 2.37. The summed E-state index contributed by atoms with van der Waals surface area (Å²) < 4.78 is 11.3. The van der Waals surface area contributed by atoms with Gasteiger partial charge in [-0.1, -0.05) is 39.0 Å². The van der Waals surface area contributed by atoms with Crippen LogP contribution in [-0.4, -0.2) is 23.3 Å². The van der Waals surface area contributed by atoms with Gasteiger partial charge < -0.3 is 9.26 Å². The van der Waals surface area contributed by atoms with Gasteiger partial charge in [0.2, 0.25) is 0 Å². The Kier molecular flexibility index (Phi) is 6.60. The molecule has 1 N–H and O–H groups in total. The van der Waals surface area contributed by atoms with Crippen LogP contribution < -0.4 is 9.61 Å². The largest absolute Gasteiger partial charge is 0.462 e. The lowest BCUT2D eigenvalue weighted by Gasteiger charge is -2.36. The molecule has 6 heteroatoms. The molecule has 1 aromatic carbocycles. The summed E-state index contributed by atoms with van der Waals surface area (Å²) in [5.41, 5.74) is 0. The van der Waals surface area contributed by atoms with E-state index >= 15 is 0 Å². The highest BCUT2D eigenvalue weighted by Crippen LogP contribution is 2.55. The lowest BCUT2D eigenvalue weighted by Crippen LogP contribution is -2.40. The van der Waals surface area contributed by atoms with E-state index in [0.717, 1.165) is 0 Å². The first-order valence-corrected chi connectivity index (χ1v) is 10.1. The van der Waals surface area contributed by atoms with Crippen LogP contribution in [0.25, 0.3) is 0 Å². The molecule has 4 nitrogen and oxygen atoms in total. The maximum absolute atomic E-state index is 12.0. The second kappa shape index (κ2) is 7.58. The first-order valence-electron chi connectivity index (χ1n) is 7.38. The fourth-order valence-corrected chi connectivity index (χ4v) is 4.11. The summed E-state index contributed by atoms with van der Waals surface area (Å²) in [6, 6.07) is 8.93. The molecule has 0 bridgehead atoms. The van der Waals surface area contributed by atoms with E-state index in [9.17, 15) is 4.79 Å². The topological polar surface area (TPSA) is 47.6 Å². The van der Waals surface area contributed by atoms with Crippen molar-refractivity contribution in [2.24, 2.45) is 0 Å². The number of esters is 1. The van der Waals surface area contributed by atoms with Crippen molar-refractivity contribution in [2.75, 3.05) is 0 Å². The predicted octanol–water partition coefficient (Wildman–Crippen LogP) is 4.10. The molecular formula is C16H26NO3PS. The van der Waals surface area contributed by atoms with Crippen molar-refractivity contribution in [3.63, 3.8) is 0 Å². The van der Waals surface area contributed by atoms with E-state index in [0.29, 0.717) is 5.75 Å². The lowest BCUT2D eigenvalue weighted by atomic mass is 10.3. The molecule has 1 aromatic rings. The zero-order valence-corrected chi connectivity index (χ0v) is 15.8. The maximum atomic E-state index is 12.0. The Labute approximate surface area is 138 Å². The van der Waals surface area contributed by atoms with Gasteiger partial charge in [0.25, 0.3) is 0 Å². The number of benzene rings is 1. The van der Waals surface area contributed by atoms with Gasteiger partial charge >= 0.3 is 5.97 Å². The van der Waals surface area contributed by atoms with Crippen LogP contribution in [0.3, 0.4) is 0 Å². The van der Waals surface area contributed by atoms with Crippen LogP contribution in [0, 0.1) is 0 Å². The van der Waals surface area contributed by atoms with Gasteiger partial charge in [0.05, 0.1) is 6.10 Å². The van der Waals surface area contributed by atoms with Crippen LogP contribution in [-0.2, 0) is 21.3 Å². The molecule has 124 valence electrons. The molecule has 0 aliphatic rings. The molecule has 0 fully saturated rings. The highest BCUT2D eigenvalue weighted by atomic mass is 32.4. The zero-order chi connectivity index (χ0) is 17.0. The van der Waals surface area contributed by atoms with Crippen molar-refractivity contribution in [3.8, 4) is 5.75 Å². The fraction of sp³-hybridized carbons (Fsp3) is 0.562. The Bertz CT molecular complexity index is 540. The molecule has 1 rings (SSSR count). The molecule has 0 amide bonds. The number of carbonyl (C=O) groups excluding carboxylic acids is 1. The van der Waals surface area contributed by atoms with Gasteiger partial charge in [-0.3, -0.25) is 4.79 Å². The molecule has 2 atom stereocenters. The summed E-state index contributed by atoms with van der Waals surface area (Å²) in [6.07, 6.45) is -2.65. The van der Waals surface area contributed by atoms with Crippen molar-refractivity contribution in [1.82, 2.24) is 5.09 Å². The minimum Gasteiger partial charge on any atom is -0.462 e. The molecule has 0 saturated heterocycles. The second-order valence-corrected chi connectivity index (χ2v) is 10.9. The van der Waals surface area contributed by atoms with Crippen molar-refractivity contribution < 1.29 is 14.1 Å². The van der Waals surface area contributed by atoms with Gasteiger partial charge in [0, 0.05) is 5.16 Å². The standard InChI is InChI=1S/C16H26NO3PS/c1-12(2)19-15(18)13(3)17-21(22,16(4,5)6)20-14-10-8-7-9-11-14/h7-13H,1-6H3,(H,17,22)/t13-,21?/m0/s1. The van der Waals surface area contributed by atoms with Gasteiger partial charge in [0.15, 0.2) is 6.42 Å². The number of hydrogen-bond donors (Lipinski definition) is 1. The van der Waals surface area contributed by atoms with Gasteiger partial charge in [-0.15, -0.1) is 0 Å². The lowest BCUT2D eigenvalue weighted by molar-refractivity contribution is -0.148. The van der Waals surface area contributed by atoms with E-state index in [1.165, 1.54) is 0 Å². The molecule has 0 aliphatic carbocycles. The number of nitrogens with one attached hydrogen (secondary N) is 1. The molecule has 22 heavy (non-hydrogen) atoms. The van der Waals surface area contributed by atoms with E-state index < -0.39 is 12.5 Å². The Morgan fingerprint density at radius 2 is 1.73 bits per heavy atom. The minimum atomic E-state index is -2.50. The molecule has 0 aromatic heterocycles. The number of ether oxygens (including phenoxy) is 1. The van der Waals surface area contributed by atoms with Gasteiger partial charge in [-0.05, 0) is 44.7 Å². The monoisotopic (exact) mass is 343 g/mol. The Morgan fingerprint density at radius 1 is 1.18 bits per heavy atom. The molecule has 1 unspecified atom stereocenters. The quantitative estimate of drug-likeness (QED) is 0.622. The first-order chi connectivity index (χ1) is 10.0. The van der Waals surface area contributed by atoms with Crippen LogP contribution in [0.4, 0.5) is 0 Å². The Balaban J connectivity index is 2.94. The summed E-state index contributed by atoms with van der Waals surface area (Å²) in [7, 11) is 0. The zero-order valence-electron chi connectivity index (χ0n) is 14.1. The average molecular weight is 343 g/mol. The van der Waals surface area contributed by atoms with E-state index in [4.69, 9.17) is 21.1 Å². The number of rotatable bonds is 6. The third-order valence-electron chi connectivity index (χ3n) is 2.93. The van der Waals surface area contributed by atoms with Crippen LogP contribution >= 0.6 is 6.42 Å². The minimum absolute atomic E-state index is 0.153. The second-order valence-electron chi connectivity index (χ2n) is 6.46. The molecule has 0 aliphatic heterocycles. The molecule has 0 heterocycles. The van der Waals surface area contributed by atoms with Crippen LogP contribution in [0.5, 0.6) is 5.75 Å². The van der Waals surface area contributed by atoms with Gasteiger partial charge in [-0.2, -0.15) is 0 Å². The third-order valence-corrected chi connectivity index (χ3v) is 8.07. The Hall–Kier alpha value is -0.900. The van der Waals surface area contributed by atoms with Gasteiger partial charge in [-0.25, -0.2) is 5.09 Å². The third kappa shape index (κ3) is 5.38. The number of carbonyl (C=O) groups is 1. The highest BCUT2D eigenvalue weighted by Gasteiger charge is 2.37. The van der Waals surface area contributed by atoms with Crippen molar-refractivity contribution in [3.05, 3.63) is 30.3 Å². The molecule has 0 spiro atoms. The number of hydrogen-bond acceptors (Lipinski definition) is 4. The number of para-hydroxylation sites is 1. The summed E-state index contributed by atoms with van der Waals surface area (Å²) in [6.45, 7) is 11.5. The van der Waals surface area contributed by atoms with Crippen molar-refractivity contribution in [2.45, 2.75) is 58.8 Å². The predicted molar refractivity (Wildman–Crippen MR) is 94.9 cm³/mol. The van der Waals surface area contributed by atoms with Crippen molar-refractivity contribution in [1.29, 1.82) is 0 Å². The van der Waals surface area contributed by atoms with Crippen molar-refractivity contribution >= 4 is 24.2 Å². The summed E-state index contributed by atoms with van der Waals surface area (Å²) in [5, 5.41) is 2.92. The van der Waals surface area contributed by atoms with Crippen LogP contribution in [0.2, 0.25) is 0 Å². The summed E-state index contributed by atoms with van der Waals surface area (Å²) in [5.74, 6) is 0.392. The van der Waals surface area contributed by atoms with Crippen LogP contribution in [0.15, 0.2) is 30.3 Å². The highest BCUT2D eigenvalue weighted by molar-refractivity contribution is 8.12. The van der Waals surface area contributed by atoms with Gasteiger partial charge in [0.1, 0.15) is 11.8 Å². The Morgan fingerprint density at radius 3 is 2.18 bits per heavy atom. The first kappa shape index (κ1) is 19.1. The normalized spacial score (nSPS) is 16.0. The van der Waals surface area contributed by atoms with Crippen LogP contribution in [0.1, 0.15) is 41.5 Å². The maximum Gasteiger partial charge on any atom is 0.323 e. The van der Waals surface area contributed by atoms with E-state index in [-0.39, 0.29) is 17.2 Å².